The second-order valence-corrected chi connectivity index (χ2v) is 7.70. The zero-order valence-corrected chi connectivity index (χ0v) is 16.5. The minimum atomic E-state index is -0.337. The summed E-state index contributed by atoms with van der Waals surface area (Å²) in [5.41, 5.74) is 8.87. The van der Waals surface area contributed by atoms with Crippen molar-refractivity contribution in [3.8, 4) is 0 Å². The number of carbonyl (C=O) groups excluding carboxylic acids is 1. The SMILES string of the molecule is CC(c1ccc(F)cc1)C(C[C@@H](Cc1ccc2[nH]ncc2c1)N(C)C)C(N)=O. The van der Waals surface area contributed by atoms with Crippen LogP contribution in [0.5, 0.6) is 0 Å². The van der Waals surface area contributed by atoms with E-state index in [1.165, 1.54) is 17.7 Å². The zero-order chi connectivity index (χ0) is 20.3. The normalized spacial score (nSPS) is 14.9. The summed E-state index contributed by atoms with van der Waals surface area (Å²) in [5.74, 6) is -1.03. The molecular weight excluding hydrogens is 355 g/mol. The highest BCUT2D eigenvalue weighted by molar-refractivity contribution is 5.79. The predicted octanol–water partition coefficient (Wildman–Crippen LogP) is 3.47. The molecule has 1 amide bonds. The molecule has 1 aromatic heterocycles. The molecule has 0 bridgehead atoms. The van der Waals surface area contributed by atoms with Gasteiger partial charge in [0, 0.05) is 17.3 Å². The summed E-state index contributed by atoms with van der Waals surface area (Å²) in [5, 5.41) is 8.10. The second-order valence-electron chi connectivity index (χ2n) is 7.70. The molecule has 2 unspecified atom stereocenters. The number of amides is 1. The van der Waals surface area contributed by atoms with Crippen molar-refractivity contribution in [3.63, 3.8) is 0 Å². The Kier molecular flexibility index (Phi) is 6.09. The quantitative estimate of drug-likeness (QED) is 0.626. The number of aromatic nitrogens is 2. The van der Waals surface area contributed by atoms with Gasteiger partial charge in [-0.2, -0.15) is 5.10 Å². The van der Waals surface area contributed by atoms with Crippen LogP contribution in [0.4, 0.5) is 4.39 Å². The number of aromatic amines is 1. The lowest BCUT2D eigenvalue weighted by molar-refractivity contribution is -0.123. The highest BCUT2D eigenvalue weighted by atomic mass is 19.1. The van der Waals surface area contributed by atoms with E-state index in [-0.39, 0.29) is 29.6 Å². The topological polar surface area (TPSA) is 75.0 Å². The monoisotopic (exact) mass is 382 g/mol. The lowest BCUT2D eigenvalue weighted by Crippen LogP contribution is -2.38. The Labute approximate surface area is 164 Å². The van der Waals surface area contributed by atoms with Crippen molar-refractivity contribution in [3.05, 3.63) is 65.6 Å². The number of rotatable bonds is 8. The van der Waals surface area contributed by atoms with Gasteiger partial charge in [0.2, 0.25) is 5.91 Å². The second kappa shape index (κ2) is 8.52. The van der Waals surface area contributed by atoms with E-state index in [4.69, 9.17) is 5.73 Å². The number of primary amides is 1. The molecule has 0 radical (unpaired) electrons. The van der Waals surface area contributed by atoms with E-state index < -0.39 is 0 Å². The van der Waals surface area contributed by atoms with E-state index in [1.807, 2.05) is 33.3 Å². The van der Waals surface area contributed by atoms with Gasteiger partial charge in [-0.15, -0.1) is 0 Å². The molecule has 0 aliphatic carbocycles. The fraction of sp³-hybridized carbons (Fsp3) is 0.364. The Morgan fingerprint density at radius 2 is 1.93 bits per heavy atom. The summed E-state index contributed by atoms with van der Waals surface area (Å²) in [4.78, 5) is 14.4. The molecule has 0 aliphatic rings. The summed E-state index contributed by atoms with van der Waals surface area (Å²) < 4.78 is 13.3. The number of carbonyl (C=O) groups is 1. The smallest absolute Gasteiger partial charge is 0.221 e. The molecular formula is C22H27FN4O. The largest absolute Gasteiger partial charge is 0.369 e. The lowest BCUT2D eigenvalue weighted by atomic mass is 9.81. The van der Waals surface area contributed by atoms with Crippen LogP contribution < -0.4 is 5.73 Å². The third kappa shape index (κ3) is 4.57. The zero-order valence-electron chi connectivity index (χ0n) is 16.5. The van der Waals surface area contributed by atoms with Gasteiger partial charge in [-0.1, -0.05) is 25.1 Å². The third-order valence-corrected chi connectivity index (χ3v) is 5.60. The number of nitrogens with two attached hydrogens (primary N) is 1. The molecule has 0 aliphatic heterocycles. The molecule has 3 aromatic rings. The predicted molar refractivity (Wildman–Crippen MR) is 109 cm³/mol. The van der Waals surface area contributed by atoms with E-state index >= 15 is 0 Å². The van der Waals surface area contributed by atoms with Crippen LogP contribution in [0.1, 0.15) is 30.4 Å². The fourth-order valence-corrected chi connectivity index (χ4v) is 3.73. The number of hydrogen-bond acceptors (Lipinski definition) is 3. The molecule has 6 heteroatoms. The van der Waals surface area contributed by atoms with Crippen LogP contribution in [-0.4, -0.2) is 41.1 Å². The molecule has 148 valence electrons. The molecule has 28 heavy (non-hydrogen) atoms. The molecule has 3 atom stereocenters. The number of nitrogens with zero attached hydrogens (tertiary/aromatic N) is 2. The van der Waals surface area contributed by atoms with Crippen molar-refractivity contribution in [2.45, 2.75) is 31.7 Å². The number of halogens is 1. The highest BCUT2D eigenvalue weighted by Crippen LogP contribution is 2.30. The van der Waals surface area contributed by atoms with Gasteiger partial charge >= 0.3 is 0 Å². The molecule has 0 spiro atoms. The summed E-state index contributed by atoms with van der Waals surface area (Å²) >= 11 is 0. The van der Waals surface area contributed by atoms with Gasteiger partial charge in [-0.05, 0) is 68.2 Å². The average Bonchev–Trinajstić information content (AvgIpc) is 3.12. The lowest BCUT2D eigenvalue weighted by Gasteiger charge is -2.30. The van der Waals surface area contributed by atoms with Crippen molar-refractivity contribution < 1.29 is 9.18 Å². The van der Waals surface area contributed by atoms with Crippen LogP contribution in [0.2, 0.25) is 0 Å². The van der Waals surface area contributed by atoms with Crippen molar-refractivity contribution in [1.29, 1.82) is 0 Å². The molecule has 0 fully saturated rings. The molecule has 3 rings (SSSR count). The van der Waals surface area contributed by atoms with Crippen molar-refractivity contribution in [2.24, 2.45) is 11.7 Å². The first-order chi connectivity index (χ1) is 13.3. The number of nitrogens with one attached hydrogen (secondary N) is 1. The molecule has 3 N–H and O–H groups in total. The Bertz CT molecular complexity index is 935. The third-order valence-electron chi connectivity index (χ3n) is 5.60. The van der Waals surface area contributed by atoms with Crippen LogP contribution in [0.15, 0.2) is 48.7 Å². The molecule has 0 saturated carbocycles. The average molecular weight is 382 g/mol. The minimum absolute atomic E-state index is 0.0862. The van der Waals surface area contributed by atoms with Gasteiger partial charge in [0.25, 0.3) is 0 Å². The Morgan fingerprint density at radius 1 is 1.21 bits per heavy atom. The molecule has 0 saturated heterocycles. The van der Waals surface area contributed by atoms with E-state index in [0.29, 0.717) is 6.42 Å². The van der Waals surface area contributed by atoms with Crippen LogP contribution in [0, 0.1) is 11.7 Å². The number of benzene rings is 2. The number of H-pyrrole nitrogens is 1. The van der Waals surface area contributed by atoms with E-state index in [2.05, 4.69) is 27.2 Å². The maximum absolute atomic E-state index is 13.3. The van der Waals surface area contributed by atoms with Gasteiger partial charge in [0.05, 0.1) is 11.7 Å². The number of fused-ring (bicyclic) bond motifs is 1. The molecule has 5 nitrogen and oxygen atoms in total. The van der Waals surface area contributed by atoms with Gasteiger partial charge in [0.15, 0.2) is 0 Å². The summed E-state index contributed by atoms with van der Waals surface area (Å²) in [6, 6.07) is 12.7. The number of hydrogen-bond donors (Lipinski definition) is 2. The molecule has 2 aromatic carbocycles. The highest BCUT2D eigenvalue weighted by Gasteiger charge is 2.28. The van der Waals surface area contributed by atoms with E-state index in [9.17, 15) is 9.18 Å². The maximum atomic E-state index is 13.3. The van der Waals surface area contributed by atoms with Crippen molar-refractivity contribution in [2.75, 3.05) is 14.1 Å². The Hall–Kier alpha value is -2.73. The van der Waals surface area contributed by atoms with E-state index in [1.54, 1.807) is 12.1 Å². The maximum Gasteiger partial charge on any atom is 0.221 e. The van der Waals surface area contributed by atoms with Crippen molar-refractivity contribution >= 4 is 16.8 Å². The fourth-order valence-electron chi connectivity index (χ4n) is 3.73. The first-order valence-corrected chi connectivity index (χ1v) is 9.48. The molecule has 1 heterocycles. The van der Waals surface area contributed by atoms with E-state index in [0.717, 1.165) is 22.9 Å². The first-order valence-electron chi connectivity index (χ1n) is 9.48. The van der Waals surface area contributed by atoms with Crippen molar-refractivity contribution in [1.82, 2.24) is 15.1 Å². The van der Waals surface area contributed by atoms with Crippen LogP contribution in [0.3, 0.4) is 0 Å². The van der Waals surface area contributed by atoms with Crippen LogP contribution in [-0.2, 0) is 11.2 Å². The van der Waals surface area contributed by atoms with Gasteiger partial charge in [-0.25, -0.2) is 4.39 Å². The minimum Gasteiger partial charge on any atom is -0.369 e. The van der Waals surface area contributed by atoms with Gasteiger partial charge in [0.1, 0.15) is 5.82 Å². The summed E-state index contributed by atoms with van der Waals surface area (Å²) in [6.07, 6.45) is 3.24. The number of likely N-dealkylation sites (N-methyl/N-ethyl adjacent to an activating group) is 1. The standard InChI is InChI=1S/C22H27FN4O/c1-14(16-5-7-18(23)8-6-16)20(22(24)28)12-19(27(2)3)11-15-4-9-21-17(10-15)13-25-26-21/h4-10,13-14,19-20H,11-12H2,1-3H3,(H2,24,28)(H,25,26)/t14?,19-,20?/m1/s1. The Morgan fingerprint density at radius 3 is 2.57 bits per heavy atom. The first kappa shape index (κ1) is 20.0. The Balaban J connectivity index is 1.79. The summed E-state index contributed by atoms with van der Waals surface area (Å²) in [7, 11) is 4.03. The van der Waals surface area contributed by atoms with Crippen LogP contribution in [0.25, 0.3) is 10.9 Å². The van der Waals surface area contributed by atoms with Gasteiger partial charge in [-0.3, -0.25) is 9.89 Å². The summed E-state index contributed by atoms with van der Waals surface area (Å²) in [6.45, 7) is 1.98. The van der Waals surface area contributed by atoms with Gasteiger partial charge < -0.3 is 10.6 Å². The van der Waals surface area contributed by atoms with Crippen LogP contribution >= 0.6 is 0 Å².